The minimum Gasteiger partial charge on any atom is -0.198 e. The number of rotatable bonds is 5. The van der Waals surface area contributed by atoms with Gasteiger partial charge in [0.2, 0.25) is 0 Å². The number of hydrogen-bond donors (Lipinski definition) is 0. The monoisotopic (exact) mass is 329 g/mol. The Labute approximate surface area is 150 Å². The molecule has 0 aliphatic heterocycles. The summed E-state index contributed by atoms with van der Waals surface area (Å²) < 4.78 is 0. The predicted molar refractivity (Wildman–Crippen MR) is 101 cm³/mol. The predicted octanol–water partition coefficient (Wildman–Crippen LogP) is 7.12. The molecule has 0 bridgehead atoms. The molecule has 0 amide bonds. The number of unbranched alkanes of at least 4 members (excludes halogenated alkanes) is 1. The first-order valence-electron chi connectivity index (χ1n) is 11.1. The molecule has 1 nitrogen and oxygen atoms in total. The molecule has 0 aromatic rings. The first-order valence-corrected chi connectivity index (χ1v) is 11.1. The summed E-state index contributed by atoms with van der Waals surface area (Å²) in [6.07, 6.45) is 19.6. The molecule has 0 N–H and O–H groups in total. The third-order valence-corrected chi connectivity index (χ3v) is 8.26. The molecule has 3 rings (SSSR count). The van der Waals surface area contributed by atoms with E-state index in [4.69, 9.17) is 0 Å². The molecule has 0 unspecified atom stereocenters. The van der Waals surface area contributed by atoms with Crippen molar-refractivity contribution in [1.82, 2.24) is 0 Å². The van der Waals surface area contributed by atoms with E-state index >= 15 is 0 Å². The van der Waals surface area contributed by atoms with Crippen molar-refractivity contribution in [3.8, 4) is 6.07 Å². The van der Waals surface area contributed by atoms with Gasteiger partial charge in [-0.1, -0.05) is 46.0 Å². The molecule has 0 heterocycles. The molecule has 3 aliphatic rings. The number of nitriles is 1. The highest BCUT2D eigenvalue weighted by Crippen LogP contribution is 2.53. The molecule has 0 spiro atoms. The van der Waals surface area contributed by atoms with E-state index in [0.717, 1.165) is 36.0 Å². The molecule has 3 aliphatic carbocycles. The lowest BCUT2D eigenvalue weighted by atomic mass is 9.57. The van der Waals surface area contributed by atoms with Gasteiger partial charge in [0.25, 0.3) is 0 Å². The summed E-state index contributed by atoms with van der Waals surface area (Å²) in [6.45, 7) is 4.56. The second-order valence-electron chi connectivity index (χ2n) is 9.50. The van der Waals surface area contributed by atoms with E-state index in [1.165, 1.54) is 83.5 Å². The minimum absolute atomic E-state index is 0.0331. The van der Waals surface area contributed by atoms with Crippen LogP contribution in [-0.4, -0.2) is 0 Å². The Morgan fingerprint density at radius 3 is 2.21 bits per heavy atom. The van der Waals surface area contributed by atoms with Crippen LogP contribution in [0.25, 0.3) is 0 Å². The van der Waals surface area contributed by atoms with E-state index < -0.39 is 0 Å². The zero-order chi connectivity index (χ0) is 17.0. The van der Waals surface area contributed by atoms with E-state index in [9.17, 15) is 5.26 Å². The normalized spacial score (nSPS) is 43.0. The zero-order valence-electron chi connectivity index (χ0n) is 16.2. The smallest absolute Gasteiger partial charge is 0.0689 e. The summed E-state index contributed by atoms with van der Waals surface area (Å²) in [5, 5.41) is 9.62. The van der Waals surface area contributed by atoms with E-state index in [-0.39, 0.29) is 5.41 Å². The van der Waals surface area contributed by atoms with E-state index in [1.807, 2.05) is 0 Å². The van der Waals surface area contributed by atoms with Crippen LogP contribution in [0.1, 0.15) is 104 Å². The lowest BCUT2D eigenvalue weighted by Crippen LogP contribution is -2.38. The topological polar surface area (TPSA) is 23.8 Å². The highest BCUT2D eigenvalue weighted by atomic mass is 14.5. The molecular formula is C23H39N. The second kappa shape index (κ2) is 8.25. The molecule has 0 aromatic heterocycles. The molecule has 0 saturated heterocycles. The van der Waals surface area contributed by atoms with Gasteiger partial charge in [-0.3, -0.25) is 0 Å². The Kier molecular flexibility index (Phi) is 6.28. The van der Waals surface area contributed by atoms with Crippen LogP contribution in [0.3, 0.4) is 0 Å². The van der Waals surface area contributed by atoms with Gasteiger partial charge < -0.3 is 0 Å². The number of hydrogen-bond acceptors (Lipinski definition) is 1. The van der Waals surface area contributed by atoms with Crippen LogP contribution >= 0.6 is 0 Å². The van der Waals surface area contributed by atoms with E-state index in [0.29, 0.717) is 0 Å². The molecule has 3 saturated carbocycles. The Morgan fingerprint density at radius 1 is 0.875 bits per heavy atom. The molecule has 136 valence electrons. The average molecular weight is 330 g/mol. The zero-order valence-corrected chi connectivity index (χ0v) is 16.2. The fourth-order valence-electron chi connectivity index (χ4n) is 6.42. The fraction of sp³-hybridized carbons (Fsp3) is 0.957. The Bertz CT molecular complexity index is 428. The summed E-state index contributed by atoms with van der Waals surface area (Å²) in [5.41, 5.74) is 0.0331. The van der Waals surface area contributed by atoms with Crippen molar-refractivity contribution < 1.29 is 0 Å². The summed E-state index contributed by atoms with van der Waals surface area (Å²) in [5.74, 6) is 4.94. The molecule has 1 heteroatoms. The maximum Gasteiger partial charge on any atom is 0.0689 e. The molecule has 4 atom stereocenters. The highest BCUT2D eigenvalue weighted by molar-refractivity contribution is 5.04. The van der Waals surface area contributed by atoms with Gasteiger partial charge in [-0.2, -0.15) is 5.26 Å². The summed E-state index contributed by atoms with van der Waals surface area (Å²) >= 11 is 0. The quantitative estimate of drug-likeness (QED) is 0.526. The molecule has 24 heavy (non-hydrogen) atoms. The Morgan fingerprint density at radius 2 is 1.54 bits per heavy atom. The summed E-state index contributed by atoms with van der Waals surface area (Å²) in [6, 6.07) is 2.70. The van der Waals surface area contributed by atoms with Gasteiger partial charge in [0.1, 0.15) is 0 Å². The van der Waals surface area contributed by atoms with Crippen LogP contribution < -0.4 is 0 Å². The van der Waals surface area contributed by atoms with Crippen LogP contribution in [0, 0.1) is 46.3 Å². The van der Waals surface area contributed by atoms with E-state index in [1.54, 1.807) is 0 Å². The standard InChI is InChI=1S/C23H39N/c1-3-5-6-18-7-9-19(10-8-18)20-11-12-22-16-23(4-2,17-24)14-13-21(22)15-20/h18-22H,3-16H2,1-2H3/t18?,19?,20-,21+,22+,23-/m0/s1. The maximum atomic E-state index is 9.62. The summed E-state index contributed by atoms with van der Waals surface area (Å²) in [7, 11) is 0. The Balaban J connectivity index is 1.48. The van der Waals surface area contributed by atoms with Gasteiger partial charge >= 0.3 is 0 Å². The van der Waals surface area contributed by atoms with Crippen LogP contribution in [0.5, 0.6) is 0 Å². The van der Waals surface area contributed by atoms with Gasteiger partial charge in [-0.05, 0) is 87.4 Å². The second-order valence-corrected chi connectivity index (χ2v) is 9.50. The largest absolute Gasteiger partial charge is 0.198 e. The molecular weight excluding hydrogens is 290 g/mol. The number of nitrogens with zero attached hydrogens (tertiary/aromatic N) is 1. The third-order valence-electron chi connectivity index (χ3n) is 8.26. The molecule has 0 aromatic carbocycles. The van der Waals surface area contributed by atoms with Gasteiger partial charge in [0.05, 0.1) is 11.5 Å². The van der Waals surface area contributed by atoms with Crippen molar-refractivity contribution in [1.29, 1.82) is 5.26 Å². The summed E-state index contributed by atoms with van der Waals surface area (Å²) in [4.78, 5) is 0. The van der Waals surface area contributed by atoms with Gasteiger partial charge in [0.15, 0.2) is 0 Å². The van der Waals surface area contributed by atoms with Crippen LogP contribution in [-0.2, 0) is 0 Å². The highest BCUT2D eigenvalue weighted by Gasteiger charge is 2.43. The molecule has 3 fully saturated rings. The van der Waals surface area contributed by atoms with Crippen LogP contribution in [0.15, 0.2) is 0 Å². The minimum atomic E-state index is 0.0331. The lowest BCUT2D eigenvalue weighted by molar-refractivity contribution is 0.0401. The van der Waals surface area contributed by atoms with Crippen LogP contribution in [0.4, 0.5) is 0 Å². The molecule has 0 radical (unpaired) electrons. The van der Waals surface area contributed by atoms with Crippen molar-refractivity contribution in [2.75, 3.05) is 0 Å². The van der Waals surface area contributed by atoms with Crippen LogP contribution in [0.2, 0.25) is 0 Å². The van der Waals surface area contributed by atoms with Gasteiger partial charge in [0, 0.05) is 0 Å². The maximum absolute atomic E-state index is 9.62. The third kappa shape index (κ3) is 4.00. The first-order chi connectivity index (χ1) is 11.7. The van der Waals surface area contributed by atoms with Crippen molar-refractivity contribution in [2.45, 2.75) is 104 Å². The number of fused-ring (bicyclic) bond motifs is 1. The fourth-order valence-corrected chi connectivity index (χ4v) is 6.42. The lowest BCUT2D eigenvalue weighted by Gasteiger charge is -2.47. The van der Waals surface area contributed by atoms with Gasteiger partial charge in [-0.15, -0.1) is 0 Å². The first kappa shape index (κ1) is 18.3. The van der Waals surface area contributed by atoms with Gasteiger partial charge in [-0.25, -0.2) is 0 Å². The van der Waals surface area contributed by atoms with Crippen molar-refractivity contribution in [3.05, 3.63) is 0 Å². The van der Waals surface area contributed by atoms with E-state index in [2.05, 4.69) is 19.9 Å². The van der Waals surface area contributed by atoms with Crippen molar-refractivity contribution in [2.24, 2.45) is 35.0 Å². The van der Waals surface area contributed by atoms with Crippen molar-refractivity contribution >= 4 is 0 Å². The van der Waals surface area contributed by atoms with Crippen molar-refractivity contribution in [3.63, 3.8) is 0 Å². The Hall–Kier alpha value is -0.510. The SMILES string of the molecule is CCCCC1CCC([C@H]2CC[C@@H]3C[C@](C#N)(CC)CC[C@@H]3C2)CC1. The average Bonchev–Trinajstić information content (AvgIpc) is 2.66.